The van der Waals surface area contributed by atoms with E-state index in [9.17, 15) is 9.46 Å². The Balaban J connectivity index is 1.82. The molecule has 2 N–H and O–H groups in total. The van der Waals surface area contributed by atoms with Crippen LogP contribution in [0, 0.1) is 0 Å². The smallest absolute Gasteiger partial charge is 0.373 e. The summed E-state index contributed by atoms with van der Waals surface area (Å²) in [7, 11) is -3.84. The van der Waals surface area contributed by atoms with Gasteiger partial charge in [-0.1, -0.05) is 0 Å². The Labute approximate surface area is 106 Å². The number of ether oxygens (including phenoxy) is 1. The highest BCUT2D eigenvalue weighted by atomic mass is 31.2. The lowest BCUT2D eigenvalue weighted by atomic mass is 10.2. The van der Waals surface area contributed by atoms with Gasteiger partial charge in [0.25, 0.3) is 0 Å². The molecule has 0 saturated carbocycles. The molecule has 100 valence electrons. The SMILES string of the molecule is C[C@H]1CC[C@@H](COP(=O)(O)Nc2ccncc2)O1. The summed E-state index contributed by atoms with van der Waals surface area (Å²) < 4.78 is 22.3. The van der Waals surface area contributed by atoms with Crippen LogP contribution in [0.5, 0.6) is 0 Å². The molecule has 1 fully saturated rings. The number of nitrogens with one attached hydrogen (secondary N) is 1. The Morgan fingerprint density at radius 3 is 2.89 bits per heavy atom. The second-order valence-electron chi connectivity index (χ2n) is 4.31. The van der Waals surface area contributed by atoms with E-state index in [2.05, 4.69) is 10.1 Å². The molecule has 0 bridgehead atoms. The fourth-order valence-electron chi connectivity index (χ4n) is 1.81. The van der Waals surface area contributed by atoms with E-state index in [1.807, 2.05) is 6.92 Å². The molecule has 1 saturated heterocycles. The van der Waals surface area contributed by atoms with Gasteiger partial charge in [-0.2, -0.15) is 0 Å². The number of hydrogen-bond acceptors (Lipinski definition) is 4. The number of rotatable bonds is 5. The number of nitrogens with zero attached hydrogens (tertiary/aromatic N) is 1. The van der Waals surface area contributed by atoms with Crippen LogP contribution in [-0.4, -0.2) is 28.7 Å². The first-order chi connectivity index (χ1) is 8.55. The molecule has 1 aliphatic heterocycles. The maximum atomic E-state index is 11.8. The summed E-state index contributed by atoms with van der Waals surface area (Å²) in [5.41, 5.74) is 0.497. The Morgan fingerprint density at radius 2 is 2.28 bits per heavy atom. The summed E-state index contributed by atoms with van der Waals surface area (Å²) in [6.45, 7) is 2.10. The zero-order chi connectivity index (χ0) is 13.0. The van der Waals surface area contributed by atoms with Gasteiger partial charge in [-0.05, 0) is 31.9 Å². The standard InChI is InChI=1S/C11H17N2O4P/c1-9-2-3-11(17-9)8-16-18(14,15)13-10-4-6-12-7-5-10/h4-7,9,11H,2-3,8H2,1H3,(H2,12,13,14,15)/t9-,11-/m0/s1. The lowest BCUT2D eigenvalue weighted by Crippen LogP contribution is -2.16. The van der Waals surface area contributed by atoms with E-state index in [-0.39, 0.29) is 18.8 Å². The van der Waals surface area contributed by atoms with Crippen molar-refractivity contribution in [2.75, 3.05) is 11.7 Å². The lowest BCUT2D eigenvalue weighted by Gasteiger charge is -2.17. The molecule has 2 heterocycles. The van der Waals surface area contributed by atoms with E-state index in [0.717, 1.165) is 12.8 Å². The summed E-state index contributed by atoms with van der Waals surface area (Å²) in [5.74, 6) is 0. The van der Waals surface area contributed by atoms with Gasteiger partial charge in [-0.3, -0.25) is 14.6 Å². The van der Waals surface area contributed by atoms with Crippen LogP contribution < -0.4 is 5.09 Å². The Kier molecular flexibility index (Phi) is 4.35. The summed E-state index contributed by atoms with van der Waals surface area (Å²) in [6, 6.07) is 3.20. The molecule has 1 aliphatic rings. The van der Waals surface area contributed by atoms with Crippen molar-refractivity contribution in [2.45, 2.75) is 32.0 Å². The van der Waals surface area contributed by atoms with Crippen LogP contribution in [0.1, 0.15) is 19.8 Å². The first-order valence-electron chi connectivity index (χ1n) is 5.86. The molecule has 3 atom stereocenters. The van der Waals surface area contributed by atoms with Crippen LogP contribution in [0.15, 0.2) is 24.5 Å². The fourth-order valence-corrected chi connectivity index (χ4v) is 2.72. The number of aromatic nitrogens is 1. The van der Waals surface area contributed by atoms with E-state index >= 15 is 0 Å². The molecule has 6 nitrogen and oxygen atoms in total. The van der Waals surface area contributed by atoms with Crippen LogP contribution in [0.25, 0.3) is 0 Å². The highest BCUT2D eigenvalue weighted by molar-refractivity contribution is 7.54. The molecule has 0 aliphatic carbocycles. The van der Waals surface area contributed by atoms with E-state index in [1.54, 1.807) is 12.1 Å². The summed E-state index contributed by atoms with van der Waals surface area (Å²) >= 11 is 0. The Bertz CT molecular complexity index is 428. The monoisotopic (exact) mass is 272 g/mol. The van der Waals surface area contributed by atoms with Crippen molar-refractivity contribution < 1.29 is 18.7 Å². The molecule has 0 aromatic carbocycles. The predicted octanol–water partition coefficient (Wildman–Crippen LogP) is 2.18. The van der Waals surface area contributed by atoms with Gasteiger partial charge in [-0.15, -0.1) is 0 Å². The second kappa shape index (κ2) is 5.80. The van der Waals surface area contributed by atoms with Gasteiger partial charge in [0, 0.05) is 18.1 Å². The second-order valence-corrected chi connectivity index (χ2v) is 5.83. The molecule has 18 heavy (non-hydrogen) atoms. The molecule has 2 rings (SSSR count). The summed E-state index contributed by atoms with van der Waals surface area (Å²) in [4.78, 5) is 13.5. The number of pyridine rings is 1. The number of hydrogen-bond donors (Lipinski definition) is 2. The van der Waals surface area contributed by atoms with Crippen LogP contribution in [0.4, 0.5) is 5.69 Å². The molecule has 0 amide bonds. The minimum Gasteiger partial charge on any atom is -0.373 e. The topological polar surface area (TPSA) is 80.7 Å². The zero-order valence-corrected chi connectivity index (χ0v) is 11.0. The molecular weight excluding hydrogens is 255 g/mol. The fraction of sp³-hybridized carbons (Fsp3) is 0.545. The quantitative estimate of drug-likeness (QED) is 0.800. The van der Waals surface area contributed by atoms with Gasteiger partial charge in [0.2, 0.25) is 0 Å². The van der Waals surface area contributed by atoms with Gasteiger partial charge in [0.05, 0.1) is 18.8 Å². The highest BCUT2D eigenvalue weighted by Crippen LogP contribution is 2.42. The average Bonchev–Trinajstić information content (AvgIpc) is 2.74. The van der Waals surface area contributed by atoms with Gasteiger partial charge < -0.3 is 9.63 Å². The normalized spacial score (nSPS) is 26.8. The largest absolute Gasteiger partial charge is 0.430 e. The van der Waals surface area contributed by atoms with E-state index in [1.165, 1.54) is 12.4 Å². The predicted molar refractivity (Wildman–Crippen MR) is 67.2 cm³/mol. The van der Waals surface area contributed by atoms with Crippen molar-refractivity contribution in [1.82, 2.24) is 4.98 Å². The summed E-state index contributed by atoms with van der Waals surface area (Å²) in [6.07, 6.45) is 4.98. The molecule has 1 unspecified atom stereocenters. The average molecular weight is 272 g/mol. The first-order valence-corrected chi connectivity index (χ1v) is 7.44. The van der Waals surface area contributed by atoms with Crippen molar-refractivity contribution in [1.29, 1.82) is 0 Å². The number of anilines is 1. The highest BCUT2D eigenvalue weighted by Gasteiger charge is 2.26. The third-order valence-electron chi connectivity index (χ3n) is 2.71. The van der Waals surface area contributed by atoms with E-state index in [4.69, 9.17) is 9.26 Å². The third-order valence-corrected chi connectivity index (χ3v) is 3.75. The molecule has 1 aromatic heterocycles. The van der Waals surface area contributed by atoms with Gasteiger partial charge in [-0.25, -0.2) is 4.57 Å². The van der Waals surface area contributed by atoms with Crippen molar-refractivity contribution in [2.24, 2.45) is 0 Å². The van der Waals surface area contributed by atoms with Crippen molar-refractivity contribution >= 4 is 13.4 Å². The summed E-state index contributed by atoms with van der Waals surface area (Å²) in [5, 5.41) is 2.45. The van der Waals surface area contributed by atoms with Crippen molar-refractivity contribution in [3.05, 3.63) is 24.5 Å². The first kappa shape index (κ1) is 13.5. The Morgan fingerprint density at radius 1 is 1.56 bits per heavy atom. The molecule has 0 radical (unpaired) electrons. The maximum absolute atomic E-state index is 11.8. The Hall–Kier alpha value is -0.940. The van der Waals surface area contributed by atoms with Crippen LogP contribution in [-0.2, 0) is 13.8 Å². The van der Waals surface area contributed by atoms with Crippen LogP contribution >= 0.6 is 7.75 Å². The third kappa shape index (κ3) is 4.07. The van der Waals surface area contributed by atoms with E-state index in [0.29, 0.717) is 5.69 Å². The molecular formula is C11H17N2O4P. The van der Waals surface area contributed by atoms with Gasteiger partial charge in [0.15, 0.2) is 0 Å². The maximum Gasteiger partial charge on any atom is 0.430 e. The van der Waals surface area contributed by atoms with E-state index < -0.39 is 7.75 Å². The van der Waals surface area contributed by atoms with Crippen LogP contribution in [0.3, 0.4) is 0 Å². The van der Waals surface area contributed by atoms with Crippen molar-refractivity contribution in [3.63, 3.8) is 0 Å². The zero-order valence-electron chi connectivity index (χ0n) is 10.2. The molecule has 0 spiro atoms. The minimum atomic E-state index is -3.84. The van der Waals surface area contributed by atoms with Crippen LogP contribution in [0.2, 0.25) is 0 Å². The lowest BCUT2D eigenvalue weighted by molar-refractivity contribution is 0.0241. The molecule has 7 heteroatoms. The van der Waals surface area contributed by atoms with Crippen molar-refractivity contribution in [3.8, 4) is 0 Å². The minimum absolute atomic E-state index is 0.0975. The van der Waals surface area contributed by atoms with Gasteiger partial charge >= 0.3 is 7.75 Å². The molecule has 1 aromatic rings. The van der Waals surface area contributed by atoms with Gasteiger partial charge in [0.1, 0.15) is 0 Å².